The summed E-state index contributed by atoms with van der Waals surface area (Å²) in [5.41, 5.74) is 1.17. The number of fused-ring (bicyclic) bond motifs is 1. The van der Waals surface area contributed by atoms with Gasteiger partial charge < -0.3 is 10.1 Å². The number of nitrogens with one attached hydrogen (secondary N) is 2. The van der Waals surface area contributed by atoms with Gasteiger partial charge in [-0.1, -0.05) is 12.1 Å². The molecule has 0 unspecified atom stereocenters. The molecule has 0 aliphatic heterocycles. The number of nitrogens with zero attached hydrogens (tertiary/aromatic N) is 2. The van der Waals surface area contributed by atoms with Crippen molar-refractivity contribution in [1.29, 1.82) is 0 Å². The molecule has 0 bridgehead atoms. The fourth-order valence-electron chi connectivity index (χ4n) is 2.05. The van der Waals surface area contributed by atoms with Crippen molar-refractivity contribution < 1.29 is 4.74 Å². The maximum Gasteiger partial charge on any atom is 0.348 e. The van der Waals surface area contributed by atoms with Crippen LogP contribution < -0.4 is 15.7 Å². The van der Waals surface area contributed by atoms with Gasteiger partial charge in [0.1, 0.15) is 17.2 Å². The molecule has 0 radical (unpaired) electrons. The summed E-state index contributed by atoms with van der Waals surface area (Å²) in [7, 11) is 1.63. The van der Waals surface area contributed by atoms with E-state index in [4.69, 9.17) is 4.74 Å². The molecule has 106 valence electrons. The Morgan fingerprint density at radius 3 is 2.81 bits per heavy atom. The van der Waals surface area contributed by atoms with Crippen LogP contribution in [0.1, 0.15) is 5.56 Å². The van der Waals surface area contributed by atoms with Crippen LogP contribution in [0.2, 0.25) is 0 Å². The van der Waals surface area contributed by atoms with Crippen molar-refractivity contribution in [1.82, 2.24) is 15.0 Å². The molecule has 3 rings (SSSR count). The van der Waals surface area contributed by atoms with Crippen LogP contribution in [0, 0.1) is 0 Å². The van der Waals surface area contributed by atoms with Gasteiger partial charge >= 0.3 is 5.69 Å². The SMILES string of the molecule is COc1ccc(CNc2nc(=O)[nH]c3ncccc23)cc1. The Morgan fingerprint density at radius 1 is 1.24 bits per heavy atom. The summed E-state index contributed by atoms with van der Waals surface area (Å²) in [6.07, 6.45) is 1.63. The van der Waals surface area contributed by atoms with Crippen molar-refractivity contribution in [2.45, 2.75) is 6.54 Å². The minimum Gasteiger partial charge on any atom is -0.497 e. The van der Waals surface area contributed by atoms with Crippen molar-refractivity contribution >= 4 is 16.9 Å². The zero-order valence-corrected chi connectivity index (χ0v) is 11.5. The molecule has 0 amide bonds. The number of benzene rings is 1. The molecule has 2 N–H and O–H groups in total. The van der Waals surface area contributed by atoms with Gasteiger partial charge in [0.15, 0.2) is 0 Å². The maximum atomic E-state index is 11.5. The first-order valence-corrected chi connectivity index (χ1v) is 6.48. The molecule has 3 aromatic rings. The lowest BCUT2D eigenvalue weighted by Crippen LogP contribution is -2.14. The highest BCUT2D eigenvalue weighted by molar-refractivity contribution is 5.85. The molecule has 2 heterocycles. The zero-order valence-electron chi connectivity index (χ0n) is 11.5. The monoisotopic (exact) mass is 282 g/mol. The topological polar surface area (TPSA) is 79.9 Å². The van der Waals surface area contributed by atoms with Crippen molar-refractivity contribution in [2.75, 3.05) is 12.4 Å². The molecular formula is C15H14N4O2. The van der Waals surface area contributed by atoms with Crippen LogP contribution in [0.3, 0.4) is 0 Å². The molecule has 2 aromatic heterocycles. The third-order valence-corrected chi connectivity index (χ3v) is 3.12. The van der Waals surface area contributed by atoms with Crippen molar-refractivity contribution in [3.8, 4) is 5.75 Å². The van der Waals surface area contributed by atoms with Gasteiger partial charge in [-0.25, -0.2) is 9.78 Å². The Balaban J connectivity index is 1.85. The summed E-state index contributed by atoms with van der Waals surface area (Å²) < 4.78 is 5.12. The summed E-state index contributed by atoms with van der Waals surface area (Å²) in [5, 5.41) is 3.95. The summed E-state index contributed by atoms with van der Waals surface area (Å²) >= 11 is 0. The number of hydrogen-bond donors (Lipinski definition) is 2. The third kappa shape index (κ3) is 2.84. The van der Waals surface area contributed by atoms with Gasteiger partial charge in [0.2, 0.25) is 0 Å². The highest BCUT2D eigenvalue weighted by Crippen LogP contribution is 2.17. The van der Waals surface area contributed by atoms with E-state index in [-0.39, 0.29) is 0 Å². The van der Waals surface area contributed by atoms with E-state index in [2.05, 4.69) is 20.3 Å². The van der Waals surface area contributed by atoms with Gasteiger partial charge in [-0.2, -0.15) is 4.98 Å². The second-order valence-corrected chi connectivity index (χ2v) is 4.49. The molecule has 0 aliphatic carbocycles. The molecule has 6 nitrogen and oxygen atoms in total. The predicted molar refractivity (Wildman–Crippen MR) is 80.5 cm³/mol. The summed E-state index contributed by atoms with van der Waals surface area (Å²) in [6, 6.07) is 11.4. The number of pyridine rings is 1. The number of ether oxygens (including phenoxy) is 1. The third-order valence-electron chi connectivity index (χ3n) is 3.12. The van der Waals surface area contributed by atoms with Crippen LogP contribution in [-0.4, -0.2) is 22.1 Å². The number of hydrogen-bond acceptors (Lipinski definition) is 5. The minimum atomic E-state index is -0.418. The molecule has 0 saturated heterocycles. The summed E-state index contributed by atoms with van der Waals surface area (Å²) in [4.78, 5) is 22.2. The van der Waals surface area contributed by atoms with E-state index in [0.29, 0.717) is 18.0 Å². The van der Waals surface area contributed by atoms with Gasteiger partial charge in [0, 0.05) is 12.7 Å². The molecule has 0 aliphatic rings. The second kappa shape index (κ2) is 5.62. The molecule has 0 saturated carbocycles. The first kappa shape index (κ1) is 13.1. The lowest BCUT2D eigenvalue weighted by molar-refractivity contribution is 0.414. The predicted octanol–water partition coefficient (Wildman–Crippen LogP) is 1.94. The van der Waals surface area contributed by atoms with E-state index in [0.717, 1.165) is 16.7 Å². The molecule has 0 fully saturated rings. The van der Waals surface area contributed by atoms with Gasteiger partial charge in [-0.3, -0.25) is 4.98 Å². The number of aromatic amines is 1. The van der Waals surface area contributed by atoms with Crippen molar-refractivity contribution in [2.24, 2.45) is 0 Å². The smallest absolute Gasteiger partial charge is 0.348 e. The molecular weight excluding hydrogens is 268 g/mol. The Hall–Kier alpha value is -2.89. The van der Waals surface area contributed by atoms with E-state index >= 15 is 0 Å². The van der Waals surface area contributed by atoms with Crippen molar-refractivity contribution in [3.05, 3.63) is 58.6 Å². The minimum absolute atomic E-state index is 0.418. The quantitative estimate of drug-likeness (QED) is 0.764. The summed E-state index contributed by atoms with van der Waals surface area (Å²) in [6.45, 7) is 0.560. The average Bonchev–Trinajstić information content (AvgIpc) is 2.53. The van der Waals surface area contributed by atoms with Crippen LogP contribution in [0.15, 0.2) is 47.4 Å². The Kier molecular flexibility index (Phi) is 3.51. The largest absolute Gasteiger partial charge is 0.497 e. The fraction of sp³-hybridized carbons (Fsp3) is 0.133. The van der Waals surface area contributed by atoms with Crippen LogP contribution in [-0.2, 0) is 6.54 Å². The van der Waals surface area contributed by atoms with E-state index in [1.807, 2.05) is 30.3 Å². The highest BCUT2D eigenvalue weighted by Gasteiger charge is 2.05. The molecule has 0 spiro atoms. The Bertz CT molecular complexity index is 812. The van der Waals surface area contributed by atoms with Gasteiger partial charge in [-0.05, 0) is 29.8 Å². The molecule has 1 aromatic carbocycles. The first-order chi connectivity index (χ1) is 10.3. The summed E-state index contributed by atoms with van der Waals surface area (Å²) in [5.74, 6) is 1.33. The normalized spacial score (nSPS) is 10.5. The van der Waals surface area contributed by atoms with Gasteiger partial charge in [0.25, 0.3) is 0 Å². The second-order valence-electron chi connectivity index (χ2n) is 4.49. The van der Waals surface area contributed by atoms with Gasteiger partial charge in [0.05, 0.1) is 12.5 Å². The number of rotatable bonds is 4. The average molecular weight is 282 g/mol. The maximum absolute atomic E-state index is 11.5. The van der Waals surface area contributed by atoms with Gasteiger partial charge in [-0.15, -0.1) is 0 Å². The highest BCUT2D eigenvalue weighted by atomic mass is 16.5. The lowest BCUT2D eigenvalue weighted by Gasteiger charge is -2.08. The fourth-order valence-corrected chi connectivity index (χ4v) is 2.05. The van der Waals surface area contributed by atoms with E-state index in [1.165, 1.54) is 0 Å². The number of H-pyrrole nitrogens is 1. The molecule has 6 heteroatoms. The number of aromatic nitrogens is 3. The molecule has 21 heavy (non-hydrogen) atoms. The van der Waals surface area contributed by atoms with E-state index in [1.54, 1.807) is 19.4 Å². The van der Waals surface area contributed by atoms with Crippen molar-refractivity contribution in [3.63, 3.8) is 0 Å². The Labute approximate surface area is 120 Å². The lowest BCUT2D eigenvalue weighted by atomic mass is 10.2. The standard InChI is InChI=1S/C15H14N4O2/c1-21-11-6-4-10(5-7-11)9-17-14-12-3-2-8-16-13(12)18-15(20)19-14/h2-8H,9H2,1H3,(H2,16,17,18,19,20). The number of methoxy groups -OCH3 is 1. The van der Waals surface area contributed by atoms with E-state index in [9.17, 15) is 4.79 Å². The first-order valence-electron chi connectivity index (χ1n) is 6.48. The van der Waals surface area contributed by atoms with Crippen LogP contribution in [0.4, 0.5) is 5.82 Å². The zero-order chi connectivity index (χ0) is 14.7. The molecule has 0 atom stereocenters. The van der Waals surface area contributed by atoms with Crippen LogP contribution in [0.25, 0.3) is 11.0 Å². The van der Waals surface area contributed by atoms with Crippen LogP contribution in [0.5, 0.6) is 5.75 Å². The van der Waals surface area contributed by atoms with Crippen LogP contribution >= 0.6 is 0 Å². The van der Waals surface area contributed by atoms with E-state index < -0.39 is 5.69 Å². The Morgan fingerprint density at radius 2 is 2.05 bits per heavy atom. The number of anilines is 1.